The molecule has 0 spiro atoms. The quantitative estimate of drug-likeness (QED) is 0.823. The Balaban J connectivity index is 1.43. The molecule has 0 aliphatic carbocycles. The number of amides is 1. The van der Waals surface area contributed by atoms with Crippen molar-refractivity contribution in [1.29, 1.82) is 0 Å². The van der Waals surface area contributed by atoms with Gasteiger partial charge in [-0.3, -0.25) is 9.69 Å². The third-order valence-corrected chi connectivity index (χ3v) is 6.58. The lowest BCUT2D eigenvalue weighted by atomic mass is 9.85. The van der Waals surface area contributed by atoms with Gasteiger partial charge in [-0.15, -0.1) is 0 Å². The molecule has 7 nitrogen and oxygen atoms in total. The molecule has 1 amide bonds. The second-order valence-electron chi connectivity index (χ2n) is 8.51. The van der Waals surface area contributed by atoms with Crippen molar-refractivity contribution in [3.05, 3.63) is 11.8 Å². The lowest BCUT2D eigenvalue weighted by Crippen LogP contribution is -2.54. The van der Waals surface area contributed by atoms with Gasteiger partial charge >= 0.3 is 0 Å². The first-order chi connectivity index (χ1) is 13.9. The van der Waals surface area contributed by atoms with E-state index in [1.165, 1.54) is 4.68 Å². The third-order valence-electron chi connectivity index (χ3n) is 6.58. The Morgan fingerprint density at radius 2 is 2.07 bits per heavy atom. The summed E-state index contributed by atoms with van der Waals surface area (Å²) >= 11 is 0. The monoisotopic (exact) mass is 411 g/mol. The number of alkyl halides is 2. The maximum absolute atomic E-state index is 13.7. The summed E-state index contributed by atoms with van der Waals surface area (Å²) in [5.41, 5.74) is 0.735. The fourth-order valence-corrected chi connectivity index (χ4v) is 4.93. The van der Waals surface area contributed by atoms with Crippen molar-refractivity contribution in [3.8, 4) is 0 Å². The van der Waals surface area contributed by atoms with Gasteiger partial charge < -0.3 is 15.0 Å². The van der Waals surface area contributed by atoms with Crippen molar-refractivity contribution in [2.75, 3.05) is 44.7 Å². The number of carbonyl (C=O) groups is 1. The predicted octanol–water partition coefficient (Wildman–Crippen LogP) is 2.14. The van der Waals surface area contributed by atoms with Crippen LogP contribution in [0.2, 0.25) is 0 Å². The van der Waals surface area contributed by atoms with E-state index in [-0.39, 0.29) is 23.9 Å². The Hall–Kier alpha value is -1.74. The van der Waals surface area contributed by atoms with Gasteiger partial charge in [-0.25, -0.2) is 13.5 Å². The van der Waals surface area contributed by atoms with Crippen molar-refractivity contribution in [2.24, 2.45) is 5.92 Å². The van der Waals surface area contributed by atoms with E-state index in [0.717, 1.165) is 38.2 Å². The summed E-state index contributed by atoms with van der Waals surface area (Å²) in [5, 5.41) is 7.67. The zero-order valence-electron chi connectivity index (χ0n) is 17.2. The Bertz CT molecular complexity index is 722. The van der Waals surface area contributed by atoms with Gasteiger partial charge in [0.05, 0.1) is 24.9 Å². The molecule has 1 N–H and O–H groups in total. The second-order valence-corrected chi connectivity index (χ2v) is 8.51. The van der Waals surface area contributed by atoms with Crippen molar-refractivity contribution in [2.45, 2.75) is 57.7 Å². The summed E-state index contributed by atoms with van der Waals surface area (Å²) in [7, 11) is 0. The number of halogens is 2. The number of hydrogen-bond acceptors (Lipinski definition) is 5. The summed E-state index contributed by atoms with van der Waals surface area (Å²) in [6.45, 7) is 8.01. The number of fused-ring (bicyclic) bond motifs is 1. The molecule has 2 saturated heterocycles. The number of rotatable bonds is 4. The van der Waals surface area contributed by atoms with E-state index in [4.69, 9.17) is 4.74 Å². The third kappa shape index (κ3) is 4.26. The molecule has 0 aromatic carbocycles. The second kappa shape index (κ2) is 8.55. The molecule has 4 heterocycles. The molecule has 0 saturated carbocycles. The van der Waals surface area contributed by atoms with Crippen LogP contribution in [0.1, 0.15) is 37.9 Å². The Kier molecular flexibility index (Phi) is 6.06. The minimum Gasteiger partial charge on any atom is -0.379 e. The molecule has 3 aliphatic heterocycles. The Morgan fingerprint density at radius 3 is 2.79 bits per heavy atom. The number of nitrogens with one attached hydrogen (secondary N) is 1. The molecule has 2 fully saturated rings. The van der Waals surface area contributed by atoms with Gasteiger partial charge in [-0.05, 0) is 39.0 Å². The first-order valence-corrected chi connectivity index (χ1v) is 10.7. The van der Waals surface area contributed by atoms with Crippen LogP contribution in [-0.4, -0.2) is 83.4 Å². The lowest BCUT2D eigenvalue weighted by molar-refractivity contribution is -0.140. The normalized spacial score (nSPS) is 29.4. The molecule has 4 atom stereocenters. The van der Waals surface area contributed by atoms with E-state index in [2.05, 4.69) is 15.3 Å². The van der Waals surface area contributed by atoms with Crippen molar-refractivity contribution >= 4 is 11.7 Å². The van der Waals surface area contributed by atoms with E-state index in [9.17, 15) is 13.6 Å². The number of likely N-dealkylation sites (tertiary alicyclic amines) is 1. The van der Waals surface area contributed by atoms with E-state index in [0.29, 0.717) is 32.0 Å². The van der Waals surface area contributed by atoms with Gasteiger partial charge in [-0.2, -0.15) is 5.10 Å². The highest BCUT2D eigenvalue weighted by molar-refractivity contribution is 5.81. The van der Waals surface area contributed by atoms with Crippen molar-refractivity contribution < 1.29 is 18.3 Å². The first-order valence-electron chi connectivity index (χ1n) is 10.7. The van der Waals surface area contributed by atoms with E-state index in [1.54, 1.807) is 0 Å². The number of aromatic nitrogens is 2. The number of piperidine rings is 1. The van der Waals surface area contributed by atoms with Crippen LogP contribution in [0.15, 0.2) is 6.07 Å². The number of ether oxygens (including phenoxy) is 1. The summed E-state index contributed by atoms with van der Waals surface area (Å²) in [6.07, 6.45) is -0.281. The summed E-state index contributed by atoms with van der Waals surface area (Å²) < 4.78 is 34.2. The molecule has 162 valence electrons. The number of anilines is 1. The first kappa shape index (κ1) is 20.5. The smallest absolute Gasteiger partial charge is 0.260 e. The average molecular weight is 411 g/mol. The van der Waals surface area contributed by atoms with Gasteiger partial charge in [0.1, 0.15) is 11.9 Å². The molecule has 9 heteroatoms. The number of nitrogens with zero attached hydrogens (tertiary/aromatic N) is 4. The SMILES string of the molecule is Cc1cc2n(n1)[C@@H](C(F)F)C[C@@H]([C@H]1CCCN(C(=O)[C@@H](C)N3CCOCC3)C1)N2. The minimum absolute atomic E-state index is 0.0770. The maximum Gasteiger partial charge on any atom is 0.260 e. The molecule has 1 aromatic heterocycles. The summed E-state index contributed by atoms with van der Waals surface area (Å²) in [5.74, 6) is 0.961. The molecule has 29 heavy (non-hydrogen) atoms. The van der Waals surface area contributed by atoms with Gasteiger partial charge in [0.25, 0.3) is 6.43 Å². The van der Waals surface area contributed by atoms with Crippen LogP contribution in [0.4, 0.5) is 14.6 Å². The van der Waals surface area contributed by atoms with Crippen LogP contribution in [0.3, 0.4) is 0 Å². The maximum atomic E-state index is 13.7. The molecular formula is C20H31F2N5O2. The van der Waals surface area contributed by atoms with Gasteiger partial charge in [0, 0.05) is 38.3 Å². The Morgan fingerprint density at radius 1 is 1.31 bits per heavy atom. The van der Waals surface area contributed by atoms with Crippen LogP contribution >= 0.6 is 0 Å². The highest BCUT2D eigenvalue weighted by Gasteiger charge is 2.39. The highest BCUT2D eigenvalue weighted by Crippen LogP contribution is 2.36. The lowest BCUT2D eigenvalue weighted by Gasteiger charge is -2.42. The van der Waals surface area contributed by atoms with Crippen LogP contribution in [-0.2, 0) is 9.53 Å². The zero-order valence-corrected chi connectivity index (χ0v) is 17.2. The summed E-state index contributed by atoms with van der Waals surface area (Å²) in [4.78, 5) is 17.2. The predicted molar refractivity (Wildman–Crippen MR) is 105 cm³/mol. The highest BCUT2D eigenvalue weighted by atomic mass is 19.3. The van der Waals surface area contributed by atoms with Gasteiger partial charge in [-0.1, -0.05) is 0 Å². The topological polar surface area (TPSA) is 62.6 Å². The molecular weight excluding hydrogens is 380 g/mol. The zero-order chi connectivity index (χ0) is 20.5. The van der Waals surface area contributed by atoms with Crippen molar-refractivity contribution in [1.82, 2.24) is 19.6 Å². The fourth-order valence-electron chi connectivity index (χ4n) is 4.93. The number of morpholine rings is 1. The van der Waals surface area contributed by atoms with E-state index < -0.39 is 12.5 Å². The molecule has 3 aliphatic rings. The van der Waals surface area contributed by atoms with Gasteiger partial charge in [0.15, 0.2) is 0 Å². The Labute approximate surface area is 170 Å². The van der Waals surface area contributed by atoms with Crippen LogP contribution in [0, 0.1) is 12.8 Å². The van der Waals surface area contributed by atoms with Gasteiger partial charge in [0.2, 0.25) is 5.91 Å². The van der Waals surface area contributed by atoms with Crippen LogP contribution in [0.25, 0.3) is 0 Å². The molecule has 0 bridgehead atoms. The van der Waals surface area contributed by atoms with E-state index in [1.807, 2.05) is 24.8 Å². The van der Waals surface area contributed by atoms with Crippen molar-refractivity contribution in [3.63, 3.8) is 0 Å². The number of hydrogen-bond donors (Lipinski definition) is 1. The van der Waals surface area contributed by atoms with Crippen LogP contribution < -0.4 is 5.32 Å². The minimum atomic E-state index is -2.46. The van der Waals surface area contributed by atoms with E-state index >= 15 is 0 Å². The average Bonchev–Trinajstić information content (AvgIpc) is 3.12. The molecule has 0 unspecified atom stereocenters. The largest absolute Gasteiger partial charge is 0.379 e. The molecule has 0 radical (unpaired) electrons. The number of carbonyl (C=O) groups excluding carboxylic acids is 1. The molecule has 4 rings (SSSR count). The van der Waals surface area contributed by atoms with Crippen LogP contribution in [0.5, 0.6) is 0 Å². The standard InChI is InChI=1S/C20H31F2N5O2/c1-13-10-18-23-16(11-17(19(21)22)27(18)24-13)15-4-3-5-26(12-15)20(28)14(2)25-6-8-29-9-7-25/h10,14-17,19,23H,3-9,11-12H2,1-2H3/t14-,15+,16+,17-/m1/s1. The summed E-state index contributed by atoms with van der Waals surface area (Å²) in [6, 6.07) is 0.665. The molecule has 1 aromatic rings. The number of aryl methyl sites for hydroxylation is 1. The fraction of sp³-hybridized carbons (Fsp3) is 0.800.